The lowest BCUT2D eigenvalue weighted by molar-refractivity contribution is 0.0920. The van der Waals surface area contributed by atoms with Crippen molar-refractivity contribution in [1.82, 2.24) is 25.3 Å². The van der Waals surface area contributed by atoms with E-state index in [-0.39, 0.29) is 17.6 Å². The Morgan fingerprint density at radius 1 is 0.226 bits per heavy atom. The Morgan fingerprint density at radius 2 is 0.398 bits per heavy atom. The minimum Gasteiger partial charge on any atom is -0.339 e. The summed E-state index contributed by atoms with van der Waals surface area (Å²) in [7, 11) is 0. The van der Waals surface area contributed by atoms with Crippen LogP contribution in [-0.4, -0.2) is 91.4 Å². The smallest absolute Gasteiger partial charge is 0.252 e. The third kappa shape index (κ3) is 58.4. The molecule has 1 aromatic rings. The lowest BCUT2D eigenvalue weighted by atomic mass is 10.00. The molecule has 0 heterocycles. The SMILES string of the molecule is CCCCCCCCCCCCN(CCCCCCCCCCCC)CCC(=O)c1cc(C(=O)NCN(CCCCCCCCCCCC)CCCCCCCCCCCC)cc(C(=O)NCN(CCCCCCCCCCCC)CCCCCCCCCCCC)c1. The molecule has 546 valence electrons. The number of benzene rings is 1. The van der Waals surface area contributed by atoms with Crippen LogP contribution in [0.2, 0.25) is 0 Å². The Balaban J connectivity index is 3.39. The van der Waals surface area contributed by atoms with E-state index < -0.39 is 0 Å². The van der Waals surface area contributed by atoms with E-state index in [0.717, 1.165) is 65.0 Å². The quantitative estimate of drug-likeness (QED) is 0.0384. The number of carbonyl (C=O) groups is 3. The van der Waals surface area contributed by atoms with Crippen LogP contribution in [0.15, 0.2) is 18.2 Å². The summed E-state index contributed by atoms with van der Waals surface area (Å²) in [6.45, 7) is 21.4. The molecule has 8 heteroatoms. The average Bonchev–Trinajstić information content (AvgIpc) is 1.39. The highest BCUT2D eigenvalue weighted by molar-refractivity contribution is 6.05. The zero-order chi connectivity index (χ0) is 67.2. The molecule has 1 aromatic carbocycles. The van der Waals surface area contributed by atoms with Crippen molar-refractivity contribution in [3.8, 4) is 0 Å². The van der Waals surface area contributed by atoms with Crippen molar-refractivity contribution in [2.75, 3.05) is 59.2 Å². The van der Waals surface area contributed by atoms with Crippen molar-refractivity contribution in [3.63, 3.8) is 0 Å². The fraction of sp³-hybridized carbons (Fsp3) is 0.894. The number of Topliss-reactive ketones (excluding diaryl/α,β-unsaturated/α-hetero) is 1. The molecule has 93 heavy (non-hydrogen) atoms. The molecule has 2 amide bonds. The van der Waals surface area contributed by atoms with E-state index in [1.165, 1.54) is 360 Å². The van der Waals surface area contributed by atoms with Crippen LogP contribution in [0.4, 0.5) is 0 Å². The molecular formula is C85H163N5O3. The maximum atomic E-state index is 14.7. The number of hydrogen-bond acceptors (Lipinski definition) is 6. The Hall–Kier alpha value is -2.29. The molecule has 0 saturated heterocycles. The number of nitrogens with zero attached hydrogens (tertiary/aromatic N) is 3. The van der Waals surface area contributed by atoms with Gasteiger partial charge in [0.25, 0.3) is 11.8 Å². The normalized spacial score (nSPS) is 11.8. The van der Waals surface area contributed by atoms with Crippen LogP contribution in [-0.2, 0) is 0 Å². The van der Waals surface area contributed by atoms with Gasteiger partial charge in [-0.1, -0.05) is 388 Å². The Bertz CT molecular complexity index is 1460. The second-order valence-corrected chi connectivity index (χ2v) is 29.5. The van der Waals surface area contributed by atoms with Gasteiger partial charge in [0, 0.05) is 29.7 Å². The Kier molecular flexibility index (Phi) is 67.7. The van der Waals surface area contributed by atoms with Gasteiger partial charge in [-0.15, -0.1) is 0 Å². The molecule has 0 saturated carbocycles. The molecule has 0 aliphatic heterocycles. The van der Waals surface area contributed by atoms with E-state index in [0.29, 0.717) is 43.0 Å². The number of unbranched alkanes of at least 4 members (excludes halogenated alkanes) is 54. The number of rotatable bonds is 76. The molecule has 0 unspecified atom stereocenters. The van der Waals surface area contributed by atoms with Crippen LogP contribution in [0.1, 0.15) is 464 Å². The third-order valence-electron chi connectivity index (χ3n) is 20.3. The van der Waals surface area contributed by atoms with Crippen molar-refractivity contribution < 1.29 is 14.4 Å². The summed E-state index contributed by atoms with van der Waals surface area (Å²) in [5, 5.41) is 6.68. The number of carbonyl (C=O) groups excluding carboxylic acids is 3. The molecule has 0 radical (unpaired) electrons. The molecule has 0 aromatic heterocycles. The predicted molar refractivity (Wildman–Crippen MR) is 411 cm³/mol. The summed E-state index contributed by atoms with van der Waals surface area (Å²) in [6, 6.07) is 5.38. The molecular weight excluding hydrogens is 1140 g/mol. The molecule has 8 nitrogen and oxygen atoms in total. The number of hydrogen-bond donors (Lipinski definition) is 2. The topological polar surface area (TPSA) is 85.0 Å². The maximum absolute atomic E-state index is 14.7. The van der Waals surface area contributed by atoms with E-state index in [1.54, 1.807) is 18.2 Å². The van der Waals surface area contributed by atoms with Crippen LogP contribution >= 0.6 is 0 Å². The van der Waals surface area contributed by atoms with Crippen molar-refractivity contribution >= 4 is 17.6 Å². The predicted octanol–water partition coefficient (Wildman–Crippen LogP) is 26.1. The van der Waals surface area contributed by atoms with Crippen LogP contribution in [0.3, 0.4) is 0 Å². The van der Waals surface area contributed by atoms with Crippen LogP contribution in [0.25, 0.3) is 0 Å². The first kappa shape index (κ1) is 88.7. The first-order valence-corrected chi connectivity index (χ1v) is 42.2. The highest BCUT2D eigenvalue weighted by Gasteiger charge is 2.20. The molecule has 1 rings (SSSR count). The van der Waals surface area contributed by atoms with E-state index >= 15 is 0 Å². The van der Waals surface area contributed by atoms with Gasteiger partial charge in [0.15, 0.2) is 5.78 Å². The monoisotopic (exact) mass is 1300 g/mol. The lowest BCUT2D eigenvalue weighted by Crippen LogP contribution is -2.39. The van der Waals surface area contributed by atoms with E-state index in [2.05, 4.69) is 66.9 Å². The number of nitrogens with one attached hydrogen (secondary N) is 2. The largest absolute Gasteiger partial charge is 0.339 e. The fourth-order valence-corrected chi connectivity index (χ4v) is 13.8. The van der Waals surface area contributed by atoms with Crippen molar-refractivity contribution in [2.24, 2.45) is 0 Å². The van der Waals surface area contributed by atoms with Crippen molar-refractivity contribution in [3.05, 3.63) is 34.9 Å². The second kappa shape index (κ2) is 71.0. The average molecular weight is 1300 g/mol. The highest BCUT2D eigenvalue weighted by atomic mass is 16.2. The van der Waals surface area contributed by atoms with E-state index in [9.17, 15) is 14.4 Å². The fourth-order valence-electron chi connectivity index (χ4n) is 13.8. The minimum atomic E-state index is -0.193. The molecule has 2 N–H and O–H groups in total. The Morgan fingerprint density at radius 3 is 0.602 bits per heavy atom. The maximum Gasteiger partial charge on any atom is 0.252 e. The van der Waals surface area contributed by atoms with Gasteiger partial charge in [-0.3, -0.25) is 24.2 Å². The first-order chi connectivity index (χ1) is 45.8. The van der Waals surface area contributed by atoms with Crippen LogP contribution < -0.4 is 10.6 Å². The van der Waals surface area contributed by atoms with E-state index in [4.69, 9.17) is 0 Å². The zero-order valence-electron chi connectivity index (χ0n) is 63.8. The third-order valence-corrected chi connectivity index (χ3v) is 20.3. The number of ketones is 1. The van der Waals surface area contributed by atoms with Gasteiger partial charge in [0.1, 0.15) is 0 Å². The van der Waals surface area contributed by atoms with Crippen LogP contribution in [0, 0.1) is 0 Å². The van der Waals surface area contributed by atoms with Gasteiger partial charge in [-0.25, -0.2) is 0 Å². The first-order valence-electron chi connectivity index (χ1n) is 42.2. The summed E-state index contributed by atoms with van der Waals surface area (Å²) in [5.74, 6) is -0.356. The van der Waals surface area contributed by atoms with Gasteiger partial charge < -0.3 is 15.5 Å². The molecule has 0 spiro atoms. The van der Waals surface area contributed by atoms with Gasteiger partial charge in [0.2, 0.25) is 0 Å². The molecule has 0 atom stereocenters. The van der Waals surface area contributed by atoms with Crippen molar-refractivity contribution in [1.29, 1.82) is 0 Å². The molecule has 0 aliphatic rings. The highest BCUT2D eigenvalue weighted by Crippen LogP contribution is 2.20. The summed E-state index contributed by atoms with van der Waals surface area (Å²) in [4.78, 5) is 51.4. The van der Waals surface area contributed by atoms with Gasteiger partial charge in [0.05, 0.1) is 13.3 Å². The van der Waals surface area contributed by atoms with Gasteiger partial charge >= 0.3 is 0 Å². The van der Waals surface area contributed by atoms with Gasteiger partial charge in [-0.05, 0) is 96.0 Å². The summed E-state index contributed by atoms with van der Waals surface area (Å²) in [5.41, 5.74) is 1.33. The van der Waals surface area contributed by atoms with Crippen LogP contribution in [0.5, 0.6) is 0 Å². The Labute approximate surface area is 581 Å². The summed E-state index contributed by atoms with van der Waals surface area (Å²) in [6.07, 6.45) is 79.2. The summed E-state index contributed by atoms with van der Waals surface area (Å²) < 4.78 is 0. The van der Waals surface area contributed by atoms with Gasteiger partial charge in [-0.2, -0.15) is 0 Å². The van der Waals surface area contributed by atoms with Crippen molar-refractivity contribution in [2.45, 2.75) is 433 Å². The molecule has 0 bridgehead atoms. The molecule has 0 fully saturated rings. The van der Waals surface area contributed by atoms with E-state index in [1.807, 2.05) is 0 Å². The minimum absolute atomic E-state index is 0.0296. The summed E-state index contributed by atoms with van der Waals surface area (Å²) >= 11 is 0. The number of amides is 2. The zero-order valence-corrected chi connectivity index (χ0v) is 63.8. The standard InChI is InChI=1S/C85H163N5O3/c1-7-13-19-25-31-37-43-49-55-61-68-88(69-62-56-50-44-38-32-26-20-14-8-2)74-67-83(91)80-75-81(84(92)86-78-89(70-63-57-51-45-39-33-27-21-15-9-3)71-64-58-52-46-40-34-28-22-16-10-4)77-82(76-80)85(93)87-79-90(72-65-59-53-47-41-35-29-23-17-11-5)73-66-60-54-48-42-36-30-24-18-12-6/h75-77H,7-74,78-79H2,1-6H3,(H,86,92)(H,87,93). The molecule has 0 aliphatic carbocycles. The second-order valence-electron chi connectivity index (χ2n) is 29.5. The lowest BCUT2D eigenvalue weighted by Gasteiger charge is -2.24.